The Kier molecular flexibility index (Phi) is 3.25. The summed E-state index contributed by atoms with van der Waals surface area (Å²) in [6.07, 6.45) is 5.29. The Hall–Kier alpha value is -0.685. The highest BCUT2D eigenvalue weighted by Crippen LogP contribution is 2.10. The number of allylic oxidation sites excluding steroid dienone is 1. The largest absolute Gasteiger partial charge is 0.106 e. The van der Waals surface area contributed by atoms with E-state index >= 15 is 0 Å². The van der Waals surface area contributed by atoms with Gasteiger partial charge in [0.15, 0.2) is 0 Å². The summed E-state index contributed by atoms with van der Waals surface area (Å²) in [5.74, 6) is 0. The van der Waals surface area contributed by atoms with Crippen molar-refractivity contribution in [2.24, 2.45) is 0 Å². The third-order valence-electron chi connectivity index (χ3n) is 1.42. The van der Waals surface area contributed by atoms with E-state index in [1.807, 2.05) is 24.3 Å². The summed E-state index contributed by atoms with van der Waals surface area (Å²) in [5, 5.41) is 0.790. The minimum absolute atomic E-state index is 0.790. The summed E-state index contributed by atoms with van der Waals surface area (Å²) < 4.78 is 0. The highest BCUT2D eigenvalue weighted by atomic mass is 35.5. The summed E-state index contributed by atoms with van der Waals surface area (Å²) >= 11 is 5.72. The van der Waals surface area contributed by atoms with Gasteiger partial charge in [0.25, 0.3) is 0 Å². The molecule has 0 N–H and O–H groups in total. The van der Waals surface area contributed by atoms with Crippen LogP contribution in [0.15, 0.2) is 30.3 Å². The van der Waals surface area contributed by atoms with Gasteiger partial charge in [-0.1, -0.05) is 42.2 Å². The van der Waals surface area contributed by atoms with E-state index in [9.17, 15) is 0 Å². The minimum atomic E-state index is 0.790. The van der Waals surface area contributed by atoms with E-state index in [1.165, 1.54) is 5.56 Å². The highest BCUT2D eigenvalue weighted by Gasteiger charge is 1.85. The summed E-state index contributed by atoms with van der Waals surface area (Å²) in [7, 11) is 2.12. The fraction of sp³-hybridized carbons (Fsp3) is 0.111. The summed E-state index contributed by atoms with van der Waals surface area (Å²) in [5.41, 5.74) is 1.20. The molecule has 0 aromatic heterocycles. The molecule has 1 aromatic rings. The molecule has 0 saturated carbocycles. The summed E-state index contributed by atoms with van der Waals surface area (Å²) in [6.45, 7) is 0. The van der Waals surface area contributed by atoms with Gasteiger partial charge in [-0.3, -0.25) is 0 Å². The molecule has 0 unspecified atom stereocenters. The van der Waals surface area contributed by atoms with Crippen LogP contribution in [-0.2, 0) is 0 Å². The maximum Gasteiger partial charge on any atom is 0.106 e. The van der Waals surface area contributed by atoms with Crippen molar-refractivity contribution >= 4 is 25.5 Å². The van der Waals surface area contributed by atoms with Crippen LogP contribution in [0.4, 0.5) is 0 Å². The molecule has 0 heterocycles. The zero-order valence-electron chi connectivity index (χ0n) is 6.55. The van der Waals surface area contributed by atoms with E-state index in [0.29, 0.717) is 0 Å². The quantitative estimate of drug-likeness (QED) is 0.589. The lowest BCUT2D eigenvalue weighted by molar-refractivity contribution is 1.64. The van der Waals surface area contributed by atoms with Gasteiger partial charge in [0, 0.05) is 5.02 Å². The fourth-order valence-corrected chi connectivity index (χ4v) is 0.954. The molecule has 0 saturated heterocycles. The van der Waals surface area contributed by atoms with Gasteiger partial charge in [-0.25, -0.2) is 0 Å². The van der Waals surface area contributed by atoms with Gasteiger partial charge >= 0.3 is 0 Å². The summed E-state index contributed by atoms with van der Waals surface area (Å²) in [6, 6.07) is 7.82. The Bertz CT molecular complexity index is 238. The van der Waals surface area contributed by atoms with Crippen LogP contribution in [0.1, 0.15) is 5.56 Å². The van der Waals surface area contributed by atoms with Gasteiger partial charge < -0.3 is 0 Å². The van der Waals surface area contributed by atoms with Crippen LogP contribution in [0.2, 0.25) is 11.3 Å². The molecule has 0 aliphatic rings. The van der Waals surface area contributed by atoms with Crippen LogP contribution < -0.4 is 0 Å². The van der Waals surface area contributed by atoms with Crippen molar-refractivity contribution in [3.05, 3.63) is 40.9 Å². The third kappa shape index (κ3) is 2.81. The van der Waals surface area contributed by atoms with Crippen molar-refractivity contribution in [1.82, 2.24) is 0 Å². The maximum atomic E-state index is 5.72. The Morgan fingerprint density at radius 3 is 2.45 bits per heavy atom. The van der Waals surface area contributed by atoms with Crippen LogP contribution in [0, 0.1) is 0 Å². The van der Waals surface area contributed by atoms with Crippen molar-refractivity contribution in [1.29, 1.82) is 0 Å². The molecule has 0 bridgehead atoms. The topological polar surface area (TPSA) is 0 Å². The first-order valence-corrected chi connectivity index (χ1v) is 4.13. The zero-order valence-corrected chi connectivity index (χ0v) is 7.31. The fourth-order valence-electron chi connectivity index (χ4n) is 0.828. The average molecular weight is 164 g/mol. The molecule has 0 atom stereocenters. The number of hydrogen-bond acceptors (Lipinski definition) is 0. The first-order valence-electron chi connectivity index (χ1n) is 3.75. The van der Waals surface area contributed by atoms with Crippen molar-refractivity contribution < 1.29 is 0 Å². The lowest BCUT2D eigenvalue weighted by Gasteiger charge is -1.91. The number of hydrogen-bond donors (Lipinski definition) is 0. The standard InChI is InChI=1S/C9H10BCl/c10-7-1-2-8-3-5-9(11)6-4-8/h1-6H,7,10H2/b2-1+. The molecule has 1 rings (SSSR count). The molecule has 2 heteroatoms. The smallest absolute Gasteiger partial charge is 0.0918 e. The van der Waals surface area contributed by atoms with E-state index in [4.69, 9.17) is 11.6 Å². The second-order valence-electron chi connectivity index (χ2n) is 2.36. The van der Waals surface area contributed by atoms with E-state index in [0.717, 1.165) is 11.3 Å². The van der Waals surface area contributed by atoms with E-state index in [2.05, 4.69) is 20.0 Å². The van der Waals surface area contributed by atoms with Crippen molar-refractivity contribution in [2.75, 3.05) is 0 Å². The minimum Gasteiger partial charge on any atom is -0.0918 e. The van der Waals surface area contributed by atoms with Crippen LogP contribution in [0.25, 0.3) is 6.08 Å². The second-order valence-corrected chi connectivity index (χ2v) is 2.80. The number of halogens is 1. The molecule has 0 radical (unpaired) electrons. The Balaban J connectivity index is 2.73. The maximum absolute atomic E-state index is 5.72. The molecule has 1 aromatic carbocycles. The van der Waals surface area contributed by atoms with Gasteiger partial charge in [-0.2, -0.15) is 0 Å². The van der Waals surface area contributed by atoms with Gasteiger partial charge in [0.2, 0.25) is 0 Å². The molecule has 0 spiro atoms. The van der Waals surface area contributed by atoms with E-state index in [-0.39, 0.29) is 0 Å². The molecule has 0 aliphatic carbocycles. The molecule has 0 aliphatic heterocycles. The lowest BCUT2D eigenvalue weighted by atomic mass is 10.0. The molecule has 11 heavy (non-hydrogen) atoms. The third-order valence-corrected chi connectivity index (χ3v) is 1.67. The normalized spacial score (nSPS) is 10.6. The number of rotatable bonds is 2. The molecule has 56 valence electrons. The lowest BCUT2D eigenvalue weighted by Crippen LogP contribution is -1.69. The number of benzene rings is 1. The molecular formula is C9H10BCl. The van der Waals surface area contributed by atoms with Crippen LogP contribution >= 0.6 is 11.6 Å². The molecular weight excluding hydrogens is 154 g/mol. The van der Waals surface area contributed by atoms with E-state index in [1.54, 1.807) is 0 Å². The molecule has 0 amide bonds. The van der Waals surface area contributed by atoms with Crippen LogP contribution in [-0.4, -0.2) is 7.85 Å². The Morgan fingerprint density at radius 1 is 1.27 bits per heavy atom. The van der Waals surface area contributed by atoms with Crippen molar-refractivity contribution in [3.63, 3.8) is 0 Å². The average Bonchev–Trinajstić information content (AvgIpc) is 2.04. The Morgan fingerprint density at radius 2 is 1.91 bits per heavy atom. The van der Waals surface area contributed by atoms with Gasteiger partial charge in [0.05, 0.1) is 0 Å². The summed E-state index contributed by atoms with van der Waals surface area (Å²) in [4.78, 5) is 0. The predicted molar refractivity (Wildman–Crippen MR) is 53.8 cm³/mol. The van der Waals surface area contributed by atoms with Gasteiger partial charge in [0.1, 0.15) is 7.85 Å². The van der Waals surface area contributed by atoms with Crippen molar-refractivity contribution in [2.45, 2.75) is 6.32 Å². The monoisotopic (exact) mass is 164 g/mol. The van der Waals surface area contributed by atoms with Gasteiger partial charge in [-0.05, 0) is 17.7 Å². The first-order chi connectivity index (χ1) is 5.33. The van der Waals surface area contributed by atoms with Gasteiger partial charge in [-0.15, -0.1) is 0 Å². The molecule has 0 fully saturated rings. The molecule has 0 nitrogen and oxygen atoms in total. The van der Waals surface area contributed by atoms with Crippen LogP contribution in [0.5, 0.6) is 0 Å². The predicted octanol–water partition coefficient (Wildman–Crippen LogP) is 2.40. The first kappa shape index (κ1) is 8.41. The van der Waals surface area contributed by atoms with Crippen molar-refractivity contribution in [3.8, 4) is 0 Å². The van der Waals surface area contributed by atoms with Crippen LogP contribution in [0.3, 0.4) is 0 Å². The highest BCUT2D eigenvalue weighted by molar-refractivity contribution is 6.30. The zero-order chi connectivity index (χ0) is 8.10. The second kappa shape index (κ2) is 4.25. The van der Waals surface area contributed by atoms with E-state index < -0.39 is 0 Å². The Labute approximate surface area is 73.3 Å². The SMILES string of the molecule is BC/C=C/c1ccc(Cl)cc1.